The molecule has 1 heterocycles. The van der Waals surface area contributed by atoms with E-state index in [2.05, 4.69) is 20.9 Å². The molecule has 0 spiro atoms. The predicted molar refractivity (Wildman–Crippen MR) is 107 cm³/mol. The summed E-state index contributed by atoms with van der Waals surface area (Å²) < 4.78 is 0. The van der Waals surface area contributed by atoms with Gasteiger partial charge in [0.2, 0.25) is 5.91 Å². The van der Waals surface area contributed by atoms with Crippen molar-refractivity contribution in [2.45, 2.75) is 6.92 Å². The second-order valence-corrected chi connectivity index (χ2v) is 5.96. The summed E-state index contributed by atoms with van der Waals surface area (Å²) in [5.41, 5.74) is 3.65. The van der Waals surface area contributed by atoms with Crippen molar-refractivity contribution in [1.29, 1.82) is 5.26 Å². The molecule has 3 aromatic rings. The SMILES string of the molecule is CC(=O)Nc1ccc(Nc2ccc(C(=O)Nc3ccc(C#N)cc3)nc2)cc1. The molecule has 0 aliphatic carbocycles. The van der Waals surface area contributed by atoms with E-state index in [4.69, 9.17) is 5.26 Å². The van der Waals surface area contributed by atoms with Crippen molar-refractivity contribution in [3.8, 4) is 6.07 Å². The number of nitrogens with zero attached hydrogens (tertiary/aromatic N) is 2. The van der Waals surface area contributed by atoms with Gasteiger partial charge in [0.1, 0.15) is 5.69 Å². The highest BCUT2D eigenvalue weighted by atomic mass is 16.2. The third kappa shape index (κ3) is 4.93. The van der Waals surface area contributed by atoms with Gasteiger partial charge in [0.15, 0.2) is 0 Å². The van der Waals surface area contributed by atoms with Crippen molar-refractivity contribution in [3.63, 3.8) is 0 Å². The van der Waals surface area contributed by atoms with E-state index in [1.807, 2.05) is 18.2 Å². The number of nitrogens with one attached hydrogen (secondary N) is 3. The Hall–Kier alpha value is -4.18. The lowest BCUT2D eigenvalue weighted by atomic mass is 10.2. The number of rotatable bonds is 5. The number of nitriles is 1. The number of anilines is 4. The van der Waals surface area contributed by atoms with Gasteiger partial charge in [0.05, 0.1) is 23.5 Å². The van der Waals surface area contributed by atoms with Crippen molar-refractivity contribution < 1.29 is 9.59 Å². The van der Waals surface area contributed by atoms with E-state index in [9.17, 15) is 9.59 Å². The molecule has 0 bridgehead atoms. The number of carbonyl (C=O) groups is 2. The summed E-state index contributed by atoms with van der Waals surface area (Å²) in [6.07, 6.45) is 1.56. The molecule has 3 N–H and O–H groups in total. The Labute approximate surface area is 162 Å². The van der Waals surface area contributed by atoms with Crippen molar-refractivity contribution in [2.24, 2.45) is 0 Å². The van der Waals surface area contributed by atoms with E-state index >= 15 is 0 Å². The maximum atomic E-state index is 12.3. The van der Waals surface area contributed by atoms with Crippen LogP contribution in [0.25, 0.3) is 0 Å². The molecule has 0 aliphatic rings. The van der Waals surface area contributed by atoms with Crippen LogP contribution in [0.15, 0.2) is 66.9 Å². The van der Waals surface area contributed by atoms with E-state index in [1.165, 1.54) is 6.92 Å². The zero-order chi connectivity index (χ0) is 19.9. The Kier molecular flexibility index (Phi) is 5.63. The number of hydrogen-bond acceptors (Lipinski definition) is 5. The van der Waals surface area contributed by atoms with Crippen LogP contribution in [0.2, 0.25) is 0 Å². The lowest BCUT2D eigenvalue weighted by Crippen LogP contribution is -2.13. The van der Waals surface area contributed by atoms with Gasteiger partial charge in [0, 0.05) is 24.0 Å². The minimum atomic E-state index is -0.337. The third-order valence-corrected chi connectivity index (χ3v) is 3.76. The standard InChI is InChI=1S/C21H17N5O2/c1-14(27)24-16-6-8-17(9-7-16)25-19-10-11-20(23-13-19)21(28)26-18-4-2-15(12-22)3-5-18/h2-11,13,25H,1H3,(H,24,27)(H,26,28). The lowest BCUT2D eigenvalue weighted by molar-refractivity contribution is -0.114. The number of pyridine rings is 1. The Bertz CT molecular complexity index is 1020. The van der Waals surface area contributed by atoms with E-state index in [0.29, 0.717) is 16.9 Å². The minimum absolute atomic E-state index is 0.125. The molecule has 0 saturated carbocycles. The van der Waals surface area contributed by atoms with E-state index < -0.39 is 0 Å². The van der Waals surface area contributed by atoms with Crippen LogP contribution in [-0.2, 0) is 4.79 Å². The van der Waals surface area contributed by atoms with Gasteiger partial charge in [-0.25, -0.2) is 4.98 Å². The number of carbonyl (C=O) groups excluding carboxylic acids is 2. The highest BCUT2D eigenvalue weighted by Crippen LogP contribution is 2.19. The molecule has 7 nitrogen and oxygen atoms in total. The monoisotopic (exact) mass is 371 g/mol. The largest absolute Gasteiger partial charge is 0.354 e. The number of amides is 2. The lowest BCUT2D eigenvalue weighted by Gasteiger charge is -2.09. The molecule has 2 aromatic carbocycles. The fourth-order valence-electron chi connectivity index (χ4n) is 2.43. The molecule has 0 radical (unpaired) electrons. The molecular formula is C21H17N5O2. The van der Waals surface area contributed by atoms with Crippen LogP contribution in [0.3, 0.4) is 0 Å². The van der Waals surface area contributed by atoms with Crippen molar-refractivity contribution >= 4 is 34.6 Å². The summed E-state index contributed by atoms with van der Waals surface area (Å²) in [4.78, 5) is 27.5. The van der Waals surface area contributed by atoms with E-state index in [-0.39, 0.29) is 17.5 Å². The second-order valence-electron chi connectivity index (χ2n) is 5.96. The van der Waals surface area contributed by atoms with Crippen LogP contribution in [0.4, 0.5) is 22.7 Å². The molecule has 0 aliphatic heterocycles. The number of benzene rings is 2. The molecule has 138 valence electrons. The molecule has 7 heteroatoms. The Morgan fingerprint density at radius 1 is 0.821 bits per heavy atom. The van der Waals surface area contributed by atoms with Gasteiger partial charge < -0.3 is 16.0 Å². The van der Waals surface area contributed by atoms with Crippen LogP contribution in [0.1, 0.15) is 23.0 Å². The van der Waals surface area contributed by atoms with Crippen LogP contribution in [-0.4, -0.2) is 16.8 Å². The molecule has 2 amide bonds. The minimum Gasteiger partial charge on any atom is -0.354 e. The van der Waals surface area contributed by atoms with Crippen molar-refractivity contribution in [2.75, 3.05) is 16.0 Å². The molecule has 0 atom stereocenters. The fourth-order valence-corrected chi connectivity index (χ4v) is 2.43. The highest BCUT2D eigenvalue weighted by molar-refractivity contribution is 6.03. The third-order valence-electron chi connectivity index (χ3n) is 3.76. The highest BCUT2D eigenvalue weighted by Gasteiger charge is 2.08. The van der Waals surface area contributed by atoms with Gasteiger partial charge in [-0.1, -0.05) is 0 Å². The summed E-state index contributed by atoms with van der Waals surface area (Å²) in [7, 11) is 0. The van der Waals surface area contributed by atoms with Crippen molar-refractivity contribution in [1.82, 2.24) is 4.98 Å². The first kappa shape index (κ1) is 18.6. The average molecular weight is 371 g/mol. The van der Waals surface area contributed by atoms with Crippen LogP contribution < -0.4 is 16.0 Å². The summed E-state index contributed by atoms with van der Waals surface area (Å²) in [6.45, 7) is 1.46. The van der Waals surface area contributed by atoms with Crippen LogP contribution >= 0.6 is 0 Å². The second kappa shape index (κ2) is 8.47. The van der Waals surface area contributed by atoms with Gasteiger partial charge in [0.25, 0.3) is 5.91 Å². The van der Waals surface area contributed by atoms with Gasteiger partial charge in [-0.15, -0.1) is 0 Å². The molecular weight excluding hydrogens is 354 g/mol. The summed E-state index contributed by atoms with van der Waals surface area (Å²) in [5, 5.41) is 17.4. The fraction of sp³-hybridized carbons (Fsp3) is 0.0476. The number of hydrogen-bond donors (Lipinski definition) is 3. The number of aromatic nitrogens is 1. The smallest absolute Gasteiger partial charge is 0.274 e. The van der Waals surface area contributed by atoms with Gasteiger partial charge in [-0.3, -0.25) is 9.59 Å². The van der Waals surface area contributed by atoms with Gasteiger partial charge >= 0.3 is 0 Å². The quantitative estimate of drug-likeness (QED) is 0.630. The van der Waals surface area contributed by atoms with Crippen LogP contribution in [0, 0.1) is 11.3 Å². The maximum absolute atomic E-state index is 12.3. The normalized spacial score (nSPS) is 9.86. The molecule has 0 unspecified atom stereocenters. The molecule has 1 aromatic heterocycles. The van der Waals surface area contributed by atoms with E-state index in [0.717, 1.165) is 11.4 Å². The van der Waals surface area contributed by atoms with Gasteiger partial charge in [-0.05, 0) is 60.7 Å². The molecule has 28 heavy (non-hydrogen) atoms. The Morgan fingerprint density at radius 3 is 1.96 bits per heavy atom. The zero-order valence-corrected chi connectivity index (χ0v) is 15.1. The van der Waals surface area contributed by atoms with E-state index in [1.54, 1.807) is 54.7 Å². The summed E-state index contributed by atoms with van der Waals surface area (Å²) in [6, 6.07) is 19.2. The predicted octanol–water partition coefficient (Wildman–Crippen LogP) is 3.91. The topological polar surface area (TPSA) is 107 Å². The first-order valence-corrected chi connectivity index (χ1v) is 8.46. The van der Waals surface area contributed by atoms with Gasteiger partial charge in [-0.2, -0.15) is 5.26 Å². The molecule has 3 rings (SSSR count). The molecule has 0 saturated heterocycles. The van der Waals surface area contributed by atoms with Crippen LogP contribution in [0.5, 0.6) is 0 Å². The Balaban J connectivity index is 1.61. The van der Waals surface area contributed by atoms with Crippen molar-refractivity contribution in [3.05, 3.63) is 78.1 Å². The zero-order valence-electron chi connectivity index (χ0n) is 15.1. The Morgan fingerprint density at radius 2 is 1.39 bits per heavy atom. The first-order valence-electron chi connectivity index (χ1n) is 8.46. The maximum Gasteiger partial charge on any atom is 0.274 e. The average Bonchev–Trinajstić information content (AvgIpc) is 2.70. The summed E-state index contributed by atoms with van der Waals surface area (Å²) >= 11 is 0. The summed E-state index contributed by atoms with van der Waals surface area (Å²) in [5.74, 6) is -0.462. The molecule has 0 fully saturated rings. The first-order chi connectivity index (χ1) is 13.5.